The molecule has 4 nitrogen and oxygen atoms in total. The van der Waals surface area contributed by atoms with Gasteiger partial charge in [-0.3, -0.25) is 4.79 Å². The van der Waals surface area contributed by atoms with Crippen LogP contribution in [0.1, 0.15) is 18.5 Å². The van der Waals surface area contributed by atoms with Gasteiger partial charge < -0.3 is 10.6 Å². The van der Waals surface area contributed by atoms with E-state index in [9.17, 15) is 4.79 Å². The second-order valence-corrected chi connectivity index (χ2v) is 7.75. The van der Waals surface area contributed by atoms with Crippen molar-refractivity contribution in [2.24, 2.45) is 5.73 Å². The third-order valence-corrected chi connectivity index (χ3v) is 6.38. The number of hydrogen-bond donors (Lipinski definition) is 1. The van der Waals surface area contributed by atoms with E-state index in [1.54, 1.807) is 22.7 Å². The minimum atomic E-state index is 0.146. The van der Waals surface area contributed by atoms with Gasteiger partial charge in [0.25, 0.3) is 0 Å². The molecule has 2 aromatic rings. The lowest BCUT2D eigenvalue weighted by atomic mass is 10.2. The Kier molecular flexibility index (Phi) is 4.73. The van der Waals surface area contributed by atoms with Crippen LogP contribution in [-0.2, 0) is 11.2 Å². The predicted octanol–water partition coefficient (Wildman–Crippen LogP) is 3.13. The maximum Gasteiger partial charge on any atom is 0.228 e. The van der Waals surface area contributed by atoms with Gasteiger partial charge in [-0.05, 0) is 34.8 Å². The van der Waals surface area contributed by atoms with E-state index < -0.39 is 0 Å². The number of carbonyl (C=O) groups excluding carboxylic acids is 1. The molecule has 3 heterocycles. The summed E-state index contributed by atoms with van der Waals surface area (Å²) in [4.78, 5) is 20.0. The first kappa shape index (κ1) is 15.1. The number of halogens is 1. The number of thiophene rings is 1. The van der Waals surface area contributed by atoms with E-state index in [1.165, 1.54) is 0 Å². The molecule has 0 spiro atoms. The average Bonchev–Trinajstić information content (AvgIpc) is 3.17. The summed E-state index contributed by atoms with van der Waals surface area (Å²) in [5, 5.41) is 5.00. The molecule has 2 N–H and O–H groups in total. The van der Waals surface area contributed by atoms with Crippen LogP contribution in [0.2, 0.25) is 0 Å². The second kappa shape index (κ2) is 6.56. The molecule has 3 rings (SSSR count). The number of hydrogen-bond acceptors (Lipinski definition) is 5. The molecule has 1 aliphatic rings. The van der Waals surface area contributed by atoms with Crippen LogP contribution in [0.5, 0.6) is 0 Å². The number of aromatic nitrogens is 1. The molecule has 1 aliphatic heterocycles. The molecular weight excluding hydrogens is 370 g/mol. The van der Waals surface area contributed by atoms with Gasteiger partial charge in [0, 0.05) is 34.4 Å². The molecule has 7 heteroatoms. The molecule has 0 bridgehead atoms. The summed E-state index contributed by atoms with van der Waals surface area (Å²) < 4.78 is 1.07. The maximum absolute atomic E-state index is 12.4. The minimum Gasteiger partial charge on any atom is -0.338 e. The Hall–Kier alpha value is -0.760. The highest BCUT2D eigenvalue weighted by atomic mass is 79.9. The van der Waals surface area contributed by atoms with Gasteiger partial charge in [-0.25, -0.2) is 4.98 Å². The topological polar surface area (TPSA) is 59.2 Å². The van der Waals surface area contributed by atoms with Gasteiger partial charge in [0.15, 0.2) is 0 Å². The average molecular weight is 386 g/mol. The Bertz CT molecular complexity index is 640. The highest BCUT2D eigenvalue weighted by molar-refractivity contribution is 9.10. The molecule has 112 valence electrons. The zero-order chi connectivity index (χ0) is 14.8. The zero-order valence-electron chi connectivity index (χ0n) is 11.4. The largest absolute Gasteiger partial charge is 0.338 e. The number of thiazole rings is 1. The Balaban J connectivity index is 1.68. The number of carbonyl (C=O) groups is 1. The summed E-state index contributed by atoms with van der Waals surface area (Å²) in [5.41, 5.74) is 6.58. The van der Waals surface area contributed by atoms with Gasteiger partial charge >= 0.3 is 0 Å². The fourth-order valence-corrected chi connectivity index (χ4v) is 4.92. The molecule has 0 aromatic carbocycles. The van der Waals surface area contributed by atoms with Crippen molar-refractivity contribution >= 4 is 44.5 Å². The predicted molar refractivity (Wildman–Crippen MR) is 90.6 cm³/mol. The molecule has 0 aliphatic carbocycles. The lowest BCUT2D eigenvalue weighted by Crippen LogP contribution is -2.40. The number of rotatable bonds is 4. The van der Waals surface area contributed by atoms with Crippen molar-refractivity contribution in [3.05, 3.63) is 27.0 Å². The molecule has 1 unspecified atom stereocenters. The van der Waals surface area contributed by atoms with Crippen LogP contribution in [0.3, 0.4) is 0 Å². The molecule has 1 atom stereocenters. The van der Waals surface area contributed by atoms with Gasteiger partial charge in [-0.1, -0.05) is 0 Å². The first-order valence-electron chi connectivity index (χ1n) is 6.85. The van der Waals surface area contributed by atoms with Crippen LogP contribution < -0.4 is 5.73 Å². The van der Waals surface area contributed by atoms with Crippen molar-refractivity contribution in [2.45, 2.75) is 25.3 Å². The number of nitrogens with zero attached hydrogens (tertiary/aromatic N) is 2. The summed E-state index contributed by atoms with van der Waals surface area (Å²) in [6.45, 7) is 1.38. The van der Waals surface area contributed by atoms with Crippen molar-refractivity contribution < 1.29 is 4.79 Å². The van der Waals surface area contributed by atoms with E-state index in [4.69, 9.17) is 5.73 Å². The van der Waals surface area contributed by atoms with E-state index >= 15 is 0 Å². The van der Waals surface area contributed by atoms with Crippen LogP contribution in [-0.4, -0.2) is 34.9 Å². The van der Waals surface area contributed by atoms with Crippen molar-refractivity contribution in [3.63, 3.8) is 0 Å². The Morgan fingerprint density at radius 3 is 3.05 bits per heavy atom. The SMILES string of the molecule is NCC1CCCN1C(=O)Cc1csc(-c2cc(Br)cs2)n1. The van der Waals surface area contributed by atoms with Gasteiger partial charge in [0.2, 0.25) is 5.91 Å². The normalized spacial score (nSPS) is 18.4. The third kappa shape index (κ3) is 3.36. The Morgan fingerprint density at radius 1 is 1.48 bits per heavy atom. The summed E-state index contributed by atoms with van der Waals surface area (Å²) >= 11 is 6.69. The van der Waals surface area contributed by atoms with E-state index in [1.807, 2.05) is 15.7 Å². The van der Waals surface area contributed by atoms with Crippen molar-refractivity contribution in [3.8, 4) is 9.88 Å². The monoisotopic (exact) mass is 385 g/mol. The van der Waals surface area contributed by atoms with Gasteiger partial charge in [0.1, 0.15) is 5.01 Å². The fraction of sp³-hybridized carbons (Fsp3) is 0.429. The van der Waals surface area contributed by atoms with E-state index in [0.717, 1.165) is 39.4 Å². The highest BCUT2D eigenvalue weighted by Gasteiger charge is 2.27. The molecule has 2 aromatic heterocycles. The lowest BCUT2D eigenvalue weighted by molar-refractivity contribution is -0.131. The van der Waals surface area contributed by atoms with Crippen LogP contribution >= 0.6 is 38.6 Å². The molecule has 1 amide bonds. The maximum atomic E-state index is 12.4. The lowest BCUT2D eigenvalue weighted by Gasteiger charge is -2.23. The van der Waals surface area contributed by atoms with Crippen LogP contribution in [0.25, 0.3) is 9.88 Å². The fourth-order valence-electron chi connectivity index (χ4n) is 2.59. The van der Waals surface area contributed by atoms with Gasteiger partial charge in [-0.2, -0.15) is 0 Å². The molecule has 1 saturated heterocycles. The quantitative estimate of drug-likeness (QED) is 0.879. The van der Waals surface area contributed by atoms with Gasteiger partial charge in [-0.15, -0.1) is 22.7 Å². The summed E-state index contributed by atoms with van der Waals surface area (Å²) in [5.74, 6) is 0.146. The number of amides is 1. The molecule has 1 fully saturated rings. The third-order valence-electron chi connectivity index (χ3n) is 3.63. The number of likely N-dealkylation sites (tertiary alicyclic amines) is 1. The molecular formula is C14H16BrN3OS2. The van der Waals surface area contributed by atoms with Gasteiger partial charge in [0.05, 0.1) is 17.0 Å². The first-order chi connectivity index (χ1) is 10.2. The van der Waals surface area contributed by atoms with Crippen molar-refractivity contribution in [1.29, 1.82) is 0 Å². The van der Waals surface area contributed by atoms with Crippen LogP contribution in [0.15, 0.2) is 21.3 Å². The summed E-state index contributed by atoms with van der Waals surface area (Å²) in [7, 11) is 0. The van der Waals surface area contributed by atoms with Crippen molar-refractivity contribution in [1.82, 2.24) is 9.88 Å². The standard InChI is InChI=1S/C14H16BrN3OS2/c15-9-4-12(20-7-9)14-17-10(8-21-14)5-13(19)18-3-1-2-11(18)6-16/h4,7-8,11H,1-3,5-6,16H2. The molecule has 0 saturated carbocycles. The summed E-state index contributed by atoms with van der Waals surface area (Å²) in [6.07, 6.45) is 2.45. The Labute approximate surface area is 140 Å². The van der Waals surface area contributed by atoms with Crippen molar-refractivity contribution in [2.75, 3.05) is 13.1 Å². The van der Waals surface area contributed by atoms with E-state index in [-0.39, 0.29) is 11.9 Å². The zero-order valence-corrected chi connectivity index (χ0v) is 14.6. The Morgan fingerprint density at radius 2 is 2.33 bits per heavy atom. The number of nitrogens with two attached hydrogens (primary N) is 1. The van der Waals surface area contributed by atoms with Crippen LogP contribution in [0.4, 0.5) is 0 Å². The van der Waals surface area contributed by atoms with E-state index in [2.05, 4.69) is 27.0 Å². The first-order valence-corrected chi connectivity index (χ1v) is 9.41. The molecule has 21 heavy (non-hydrogen) atoms. The van der Waals surface area contributed by atoms with Crippen LogP contribution in [0, 0.1) is 0 Å². The molecule has 0 radical (unpaired) electrons. The summed E-state index contributed by atoms with van der Waals surface area (Å²) in [6, 6.07) is 2.27. The minimum absolute atomic E-state index is 0.146. The highest BCUT2D eigenvalue weighted by Crippen LogP contribution is 2.32. The smallest absolute Gasteiger partial charge is 0.228 e. The van der Waals surface area contributed by atoms with E-state index in [0.29, 0.717) is 13.0 Å². The second-order valence-electron chi connectivity index (χ2n) is 5.07.